The Labute approximate surface area is 95.1 Å². The molecular formula is C10H16O5S. The minimum Gasteiger partial charge on any atom is -0.469 e. The molecule has 0 spiro atoms. The van der Waals surface area contributed by atoms with Crippen LogP contribution in [0.3, 0.4) is 0 Å². The van der Waals surface area contributed by atoms with Gasteiger partial charge in [0.05, 0.1) is 24.5 Å². The highest BCUT2D eigenvalue weighted by Crippen LogP contribution is 2.28. The van der Waals surface area contributed by atoms with E-state index in [1.165, 1.54) is 7.11 Å². The first kappa shape index (κ1) is 13.2. The van der Waals surface area contributed by atoms with Crippen molar-refractivity contribution < 1.29 is 22.7 Å². The molecule has 1 rings (SSSR count). The van der Waals surface area contributed by atoms with Crippen LogP contribution in [0.5, 0.6) is 0 Å². The van der Waals surface area contributed by atoms with Crippen molar-refractivity contribution in [2.24, 2.45) is 5.92 Å². The molecule has 1 fully saturated rings. The molecule has 0 aromatic heterocycles. The zero-order valence-corrected chi connectivity index (χ0v) is 10.2. The standard InChI is InChI=1S/C10H16O5S/c1-7-8(11)3-4-9(7)16(13,14)6-5-10(12)15-2/h7,9H,3-6H2,1-2H3. The van der Waals surface area contributed by atoms with Crippen molar-refractivity contribution in [3.8, 4) is 0 Å². The third-order valence-electron chi connectivity index (χ3n) is 3.02. The van der Waals surface area contributed by atoms with E-state index in [1.807, 2.05) is 0 Å². The summed E-state index contributed by atoms with van der Waals surface area (Å²) in [5.41, 5.74) is 0. The second-order valence-corrected chi connectivity index (χ2v) is 6.36. The molecule has 0 radical (unpaired) electrons. The summed E-state index contributed by atoms with van der Waals surface area (Å²) in [6, 6.07) is 0. The van der Waals surface area contributed by atoms with Crippen LogP contribution < -0.4 is 0 Å². The van der Waals surface area contributed by atoms with Crippen molar-refractivity contribution in [1.29, 1.82) is 0 Å². The number of ketones is 1. The van der Waals surface area contributed by atoms with E-state index in [2.05, 4.69) is 4.74 Å². The van der Waals surface area contributed by atoms with Crippen molar-refractivity contribution in [3.63, 3.8) is 0 Å². The van der Waals surface area contributed by atoms with Crippen LogP contribution in [0.1, 0.15) is 26.2 Å². The van der Waals surface area contributed by atoms with Gasteiger partial charge in [-0.3, -0.25) is 9.59 Å². The number of ether oxygens (including phenoxy) is 1. The number of carbonyl (C=O) groups excluding carboxylic acids is 2. The first-order valence-corrected chi connectivity index (χ1v) is 6.91. The molecule has 6 heteroatoms. The van der Waals surface area contributed by atoms with E-state index in [0.29, 0.717) is 12.8 Å². The Morgan fingerprint density at radius 2 is 2.12 bits per heavy atom. The highest BCUT2D eigenvalue weighted by Gasteiger charge is 2.39. The van der Waals surface area contributed by atoms with Gasteiger partial charge >= 0.3 is 5.97 Å². The van der Waals surface area contributed by atoms with E-state index in [4.69, 9.17) is 0 Å². The Morgan fingerprint density at radius 3 is 2.56 bits per heavy atom. The number of carbonyl (C=O) groups is 2. The average molecular weight is 248 g/mol. The summed E-state index contributed by atoms with van der Waals surface area (Å²) in [5, 5.41) is -0.621. The average Bonchev–Trinajstić information content (AvgIpc) is 2.57. The molecule has 0 N–H and O–H groups in total. The molecule has 0 bridgehead atoms. The molecule has 0 amide bonds. The Balaban J connectivity index is 2.64. The number of Topliss-reactive ketones (excluding diaryl/α,β-unsaturated/α-hetero) is 1. The van der Waals surface area contributed by atoms with E-state index in [0.717, 1.165) is 0 Å². The van der Waals surface area contributed by atoms with Gasteiger partial charge in [0.1, 0.15) is 5.78 Å². The van der Waals surface area contributed by atoms with Crippen LogP contribution >= 0.6 is 0 Å². The van der Waals surface area contributed by atoms with E-state index in [9.17, 15) is 18.0 Å². The molecule has 1 aliphatic rings. The van der Waals surface area contributed by atoms with Crippen molar-refractivity contribution in [2.45, 2.75) is 31.4 Å². The van der Waals surface area contributed by atoms with E-state index >= 15 is 0 Å². The zero-order chi connectivity index (χ0) is 12.3. The first-order valence-electron chi connectivity index (χ1n) is 5.19. The van der Waals surface area contributed by atoms with Gasteiger partial charge in [-0.25, -0.2) is 8.42 Å². The second kappa shape index (κ2) is 4.95. The summed E-state index contributed by atoms with van der Waals surface area (Å²) >= 11 is 0. The summed E-state index contributed by atoms with van der Waals surface area (Å²) in [4.78, 5) is 22.1. The van der Waals surface area contributed by atoms with E-state index in [1.54, 1.807) is 6.92 Å². The number of sulfone groups is 1. The highest BCUT2D eigenvalue weighted by molar-refractivity contribution is 7.92. The highest BCUT2D eigenvalue weighted by atomic mass is 32.2. The normalized spacial score (nSPS) is 25.8. The number of hydrogen-bond acceptors (Lipinski definition) is 5. The van der Waals surface area contributed by atoms with Gasteiger partial charge in [0.2, 0.25) is 0 Å². The molecule has 1 saturated carbocycles. The smallest absolute Gasteiger partial charge is 0.306 e. The fourth-order valence-electron chi connectivity index (χ4n) is 1.94. The lowest BCUT2D eigenvalue weighted by Gasteiger charge is -2.14. The molecule has 16 heavy (non-hydrogen) atoms. The molecule has 1 aliphatic carbocycles. The molecule has 2 unspecified atom stereocenters. The topological polar surface area (TPSA) is 77.5 Å². The number of rotatable bonds is 4. The molecule has 5 nitrogen and oxygen atoms in total. The van der Waals surface area contributed by atoms with Gasteiger partial charge in [0.25, 0.3) is 0 Å². The van der Waals surface area contributed by atoms with Crippen LogP contribution in [0.25, 0.3) is 0 Å². The van der Waals surface area contributed by atoms with Crippen molar-refractivity contribution in [3.05, 3.63) is 0 Å². The van der Waals surface area contributed by atoms with Crippen LogP contribution in [0.2, 0.25) is 0 Å². The van der Waals surface area contributed by atoms with Gasteiger partial charge < -0.3 is 4.74 Å². The molecule has 2 atom stereocenters. The number of hydrogen-bond donors (Lipinski definition) is 0. The Morgan fingerprint density at radius 1 is 1.50 bits per heavy atom. The first-order chi connectivity index (χ1) is 7.38. The van der Waals surface area contributed by atoms with Crippen molar-refractivity contribution in [1.82, 2.24) is 0 Å². The summed E-state index contributed by atoms with van der Waals surface area (Å²) in [7, 11) is -2.15. The van der Waals surface area contributed by atoms with Gasteiger partial charge in [0.15, 0.2) is 9.84 Å². The van der Waals surface area contributed by atoms with E-state index < -0.39 is 27.0 Å². The summed E-state index contributed by atoms with van der Waals surface area (Å²) in [6.45, 7) is 1.63. The van der Waals surface area contributed by atoms with Crippen LogP contribution in [-0.4, -0.2) is 38.3 Å². The third kappa shape index (κ3) is 2.81. The minimum absolute atomic E-state index is 0.00774. The van der Waals surface area contributed by atoms with Gasteiger partial charge in [-0.05, 0) is 6.42 Å². The number of methoxy groups -OCH3 is 1. The monoisotopic (exact) mass is 248 g/mol. The lowest BCUT2D eigenvalue weighted by atomic mass is 10.1. The zero-order valence-electron chi connectivity index (χ0n) is 9.43. The van der Waals surface area contributed by atoms with Gasteiger partial charge in [-0.1, -0.05) is 6.92 Å². The Kier molecular flexibility index (Phi) is 4.07. The molecule has 0 heterocycles. The third-order valence-corrected chi connectivity index (χ3v) is 5.36. The molecule has 92 valence electrons. The largest absolute Gasteiger partial charge is 0.469 e. The molecule has 0 saturated heterocycles. The second-order valence-electron chi connectivity index (χ2n) is 4.03. The molecule has 0 aromatic rings. The quantitative estimate of drug-likeness (QED) is 0.670. The maximum Gasteiger partial charge on any atom is 0.306 e. The minimum atomic E-state index is -3.37. The van der Waals surface area contributed by atoms with Gasteiger partial charge in [-0.2, -0.15) is 0 Å². The van der Waals surface area contributed by atoms with Crippen molar-refractivity contribution >= 4 is 21.6 Å². The Bertz CT molecular complexity index is 384. The Hall–Kier alpha value is -0.910. The van der Waals surface area contributed by atoms with Gasteiger partial charge in [0, 0.05) is 12.3 Å². The van der Waals surface area contributed by atoms with Crippen LogP contribution in [0.4, 0.5) is 0 Å². The lowest BCUT2D eigenvalue weighted by Crippen LogP contribution is -2.29. The van der Waals surface area contributed by atoms with Crippen molar-refractivity contribution in [2.75, 3.05) is 12.9 Å². The number of esters is 1. The summed E-state index contributed by atoms with van der Waals surface area (Å²) in [6.07, 6.45) is 0.559. The maximum atomic E-state index is 11.8. The fraction of sp³-hybridized carbons (Fsp3) is 0.800. The van der Waals surface area contributed by atoms with E-state index in [-0.39, 0.29) is 18.0 Å². The lowest BCUT2D eigenvalue weighted by molar-refractivity contribution is -0.140. The summed E-state index contributed by atoms with van der Waals surface area (Å²) in [5.74, 6) is -1.23. The predicted octanol–water partition coefficient (Wildman–Crippen LogP) is 0.332. The predicted molar refractivity (Wildman–Crippen MR) is 57.6 cm³/mol. The molecule has 0 aromatic carbocycles. The SMILES string of the molecule is COC(=O)CCS(=O)(=O)C1CCC(=O)C1C. The molecule has 0 aliphatic heterocycles. The van der Waals surface area contributed by atoms with Gasteiger partial charge in [-0.15, -0.1) is 0 Å². The van der Waals surface area contributed by atoms with Crippen LogP contribution in [0.15, 0.2) is 0 Å². The molecular weight excluding hydrogens is 232 g/mol. The maximum absolute atomic E-state index is 11.8. The van der Waals surface area contributed by atoms with Crippen LogP contribution in [-0.2, 0) is 24.2 Å². The fourth-order valence-corrected chi connectivity index (χ4v) is 3.94. The summed E-state index contributed by atoms with van der Waals surface area (Å²) < 4.78 is 28.1. The van der Waals surface area contributed by atoms with Crippen LogP contribution in [0, 0.1) is 5.92 Å².